The largest absolute Gasteiger partial charge is 0.480 e. The fourth-order valence-corrected chi connectivity index (χ4v) is 1.73. The van der Waals surface area contributed by atoms with Gasteiger partial charge in [0, 0.05) is 0 Å². The zero-order valence-electron chi connectivity index (χ0n) is 9.59. The predicted octanol–water partition coefficient (Wildman–Crippen LogP) is 1.07. The zero-order valence-corrected chi connectivity index (χ0v) is 11.2. The molecule has 1 amide bonds. The monoisotopic (exact) mass is 289 g/mol. The summed E-state index contributed by atoms with van der Waals surface area (Å²) in [5.74, 6) is -1.00. The van der Waals surface area contributed by atoms with Crippen LogP contribution in [0.5, 0.6) is 0 Å². The molecule has 0 bridgehead atoms. The molecular weight excluding hydrogens is 278 g/mol. The van der Waals surface area contributed by atoms with Crippen molar-refractivity contribution in [3.63, 3.8) is 0 Å². The summed E-state index contributed by atoms with van der Waals surface area (Å²) in [7, 11) is 0. The van der Waals surface area contributed by atoms with E-state index in [4.69, 9.17) is 16.7 Å². The van der Waals surface area contributed by atoms with Crippen molar-refractivity contribution in [2.75, 3.05) is 12.0 Å². The Morgan fingerprint density at radius 3 is 2.72 bits per heavy atom. The molecule has 8 heteroatoms. The first kappa shape index (κ1) is 14.7. The van der Waals surface area contributed by atoms with Gasteiger partial charge in [-0.15, -0.1) is 10.2 Å². The topological polar surface area (TPSA) is 92.2 Å². The predicted molar refractivity (Wildman–Crippen MR) is 68.9 cm³/mol. The van der Waals surface area contributed by atoms with Crippen LogP contribution in [0.1, 0.15) is 16.9 Å². The normalized spacial score (nSPS) is 11.9. The van der Waals surface area contributed by atoms with Crippen LogP contribution in [0.15, 0.2) is 12.1 Å². The molecule has 1 aromatic heterocycles. The van der Waals surface area contributed by atoms with E-state index in [2.05, 4.69) is 15.5 Å². The first-order chi connectivity index (χ1) is 8.54. The van der Waals surface area contributed by atoms with E-state index in [1.807, 2.05) is 6.26 Å². The van der Waals surface area contributed by atoms with Crippen LogP contribution < -0.4 is 5.32 Å². The molecule has 0 aliphatic heterocycles. The summed E-state index contributed by atoms with van der Waals surface area (Å²) in [4.78, 5) is 22.7. The Morgan fingerprint density at radius 1 is 1.50 bits per heavy atom. The summed E-state index contributed by atoms with van der Waals surface area (Å²) in [5.41, 5.74) is 0.0369. The fourth-order valence-electron chi connectivity index (χ4n) is 1.16. The summed E-state index contributed by atoms with van der Waals surface area (Å²) >= 11 is 7.05. The average molecular weight is 290 g/mol. The standard InChI is InChI=1S/C10H12ClN3O3S/c1-18-5-4-7(10(16)17)12-9(15)6-2-3-8(11)14-13-6/h2-3,7H,4-5H2,1H3,(H,12,15)(H,16,17)/t7-/m0/s1. The summed E-state index contributed by atoms with van der Waals surface area (Å²) in [6, 6.07) is 1.88. The highest BCUT2D eigenvalue weighted by Gasteiger charge is 2.20. The van der Waals surface area contributed by atoms with Crippen molar-refractivity contribution in [2.24, 2.45) is 0 Å². The minimum Gasteiger partial charge on any atom is -0.480 e. The number of thioether (sulfide) groups is 1. The Kier molecular flexibility index (Phi) is 5.87. The molecule has 0 saturated heterocycles. The van der Waals surface area contributed by atoms with Gasteiger partial charge in [-0.25, -0.2) is 4.79 Å². The zero-order chi connectivity index (χ0) is 13.5. The van der Waals surface area contributed by atoms with Crippen LogP contribution in [-0.2, 0) is 4.79 Å². The second kappa shape index (κ2) is 7.17. The lowest BCUT2D eigenvalue weighted by Gasteiger charge is -2.13. The van der Waals surface area contributed by atoms with E-state index in [-0.39, 0.29) is 10.8 Å². The number of carboxylic acids is 1. The molecule has 0 aliphatic rings. The Hall–Kier alpha value is -1.34. The van der Waals surface area contributed by atoms with Crippen LogP contribution in [0.3, 0.4) is 0 Å². The number of aliphatic carboxylic acids is 1. The molecule has 6 nitrogen and oxygen atoms in total. The SMILES string of the molecule is CSCC[C@H](NC(=O)c1ccc(Cl)nn1)C(=O)O. The van der Waals surface area contributed by atoms with Gasteiger partial charge < -0.3 is 10.4 Å². The van der Waals surface area contributed by atoms with Crippen LogP contribution >= 0.6 is 23.4 Å². The van der Waals surface area contributed by atoms with Crippen LogP contribution in [-0.4, -0.2) is 45.2 Å². The number of amides is 1. The second-order valence-electron chi connectivity index (χ2n) is 3.39. The number of carboxylic acid groups (broad SMARTS) is 1. The molecule has 0 saturated carbocycles. The molecule has 0 fully saturated rings. The number of aromatic nitrogens is 2. The molecule has 1 rings (SSSR count). The van der Waals surface area contributed by atoms with E-state index in [0.29, 0.717) is 12.2 Å². The average Bonchev–Trinajstić information content (AvgIpc) is 2.34. The van der Waals surface area contributed by atoms with Crippen LogP contribution in [0.2, 0.25) is 5.15 Å². The number of halogens is 1. The third kappa shape index (κ3) is 4.50. The van der Waals surface area contributed by atoms with Gasteiger partial charge in [0.1, 0.15) is 6.04 Å². The van der Waals surface area contributed by atoms with Crippen molar-refractivity contribution in [1.82, 2.24) is 15.5 Å². The molecule has 0 spiro atoms. The molecule has 1 atom stereocenters. The first-order valence-corrected chi connectivity index (χ1v) is 6.83. The molecule has 1 aromatic rings. The number of rotatable bonds is 6. The molecule has 0 unspecified atom stereocenters. The molecule has 2 N–H and O–H groups in total. The lowest BCUT2D eigenvalue weighted by molar-refractivity contribution is -0.139. The van der Waals surface area contributed by atoms with E-state index in [9.17, 15) is 9.59 Å². The van der Waals surface area contributed by atoms with Gasteiger partial charge in [0.25, 0.3) is 5.91 Å². The molecule has 0 aromatic carbocycles. The van der Waals surface area contributed by atoms with Gasteiger partial charge >= 0.3 is 5.97 Å². The number of nitrogens with one attached hydrogen (secondary N) is 1. The lowest BCUT2D eigenvalue weighted by Crippen LogP contribution is -2.41. The Morgan fingerprint density at radius 2 is 2.22 bits per heavy atom. The highest BCUT2D eigenvalue weighted by molar-refractivity contribution is 7.98. The minimum atomic E-state index is -1.07. The summed E-state index contributed by atoms with van der Waals surface area (Å²) < 4.78 is 0. The molecule has 98 valence electrons. The maximum Gasteiger partial charge on any atom is 0.326 e. The quantitative estimate of drug-likeness (QED) is 0.814. The van der Waals surface area contributed by atoms with Crippen molar-refractivity contribution in [3.05, 3.63) is 23.0 Å². The molecule has 0 radical (unpaired) electrons. The van der Waals surface area contributed by atoms with Gasteiger partial charge in [0.15, 0.2) is 10.8 Å². The van der Waals surface area contributed by atoms with Gasteiger partial charge in [-0.05, 0) is 30.6 Å². The van der Waals surface area contributed by atoms with Gasteiger partial charge in [-0.2, -0.15) is 11.8 Å². The number of hydrogen-bond donors (Lipinski definition) is 2. The maximum atomic E-state index is 11.7. The van der Waals surface area contributed by atoms with E-state index in [1.54, 1.807) is 0 Å². The van der Waals surface area contributed by atoms with E-state index >= 15 is 0 Å². The highest BCUT2D eigenvalue weighted by Crippen LogP contribution is 2.04. The van der Waals surface area contributed by atoms with E-state index in [1.165, 1.54) is 23.9 Å². The Balaban J connectivity index is 2.66. The van der Waals surface area contributed by atoms with Crippen molar-refractivity contribution in [1.29, 1.82) is 0 Å². The Bertz CT molecular complexity index is 427. The molecule has 0 aliphatic carbocycles. The number of carbonyl (C=O) groups excluding carboxylic acids is 1. The van der Waals surface area contributed by atoms with Crippen molar-refractivity contribution >= 4 is 35.2 Å². The third-order valence-corrected chi connectivity index (χ3v) is 2.92. The van der Waals surface area contributed by atoms with Crippen LogP contribution in [0.25, 0.3) is 0 Å². The smallest absolute Gasteiger partial charge is 0.326 e. The molecular formula is C10H12ClN3O3S. The van der Waals surface area contributed by atoms with Crippen molar-refractivity contribution in [3.8, 4) is 0 Å². The number of hydrogen-bond acceptors (Lipinski definition) is 5. The van der Waals surface area contributed by atoms with Gasteiger partial charge in [0.2, 0.25) is 0 Å². The van der Waals surface area contributed by atoms with Crippen molar-refractivity contribution in [2.45, 2.75) is 12.5 Å². The van der Waals surface area contributed by atoms with Gasteiger partial charge in [-0.1, -0.05) is 11.6 Å². The van der Waals surface area contributed by atoms with Crippen LogP contribution in [0.4, 0.5) is 0 Å². The third-order valence-electron chi connectivity index (χ3n) is 2.08. The van der Waals surface area contributed by atoms with Crippen molar-refractivity contribution < 1.29 is 14.7 Å². The Labute approximate surface area is 113 Å². The minimum absolute atomic E-state index is 0.0369. The van der Waals surface area contributed by atoms with Gasteiger partial charge in [0.05, 0.1) is 0 Å². The highest BCUT2D eigenvalue weighted by atomic mass is 35.5. The second-order valence-corrected chi connectivity index (χ2v) is 4.76. The summed E-state index contributed by atoms with van der Waals surface area (Å²) in [6.45, 7) is 0. The number of nitrogens with zero attached hydrogens (tertiary/aromatic N) is 2. The van der Waals surface area contributed by atoms with E-state index in [0.717, 1.165) is 0 Å². The first-order valence-electron chi connectivity index (χ1n) is 5.06. The summed E-state index contributed by atoms with van der Waals surface area (Å²) in [6.07, 6.45) is 2.22. The number of carbonyl (C=O) groups is 2. The molecule has 18 heavy (non-hydrogen) atoms. The fraction of sp³-hybridized carbons (Fsp3) is 0.400. The lowest BCUT2D eigenvalue weighted by atomic mass is 10.2. The van der Waals surface area contributed by atoms with E-state index < -0.39 is 17.9 Å². The van der Waals surface area contributed by atoms with Crippen LogP contribution in [0, 0.1) is 0 Å². The molecule has 1 heterocycles. The summed E-state index contributed by atoms with van der Waals surface area (Å²) in [5, 5.41) is 18.6. The van der Waals surface area contributed by atoms with Gasteiger partial charge in [-0.3, -0.25) is 4.79 Å². The maximum absolute atomic E-state index is 11.7.